The maximum atomic E-state index is 13.0. The highest BCUT2D eigenvalue weighted by Crippen LogP contribution is 2.32. The van der Waals surface area contributed by atoms with Crippen molar-refractivity contribution in [2.24, 2.45) is 0 Å². The van der Waals surface area contributed by atoms with Gasteiger partial charge in [0.25, 0.3) is 0 Å². The highest BCUT2D eigenvalue weighted by molar-refractivity contribution is 6.30. The number of carboxylic acid groups (broad SMARTS) is 1. The molecule has 8 heteroatoms. The zero-order valence-corrected chi connectivity index (χ0v) is 14.5. The van der Waals surface area contributed by atoms with Crippen molar-refractivity contribution in [3.63, 3.8) is 0 Å². The standard InChI is InChI=1S/C18H16ClFN4O2/c19-10-1-4-15-14(6-17(25)26)13-3-2-12(5-16(13)24(15)9-10)23-18-21-7-11(20)8-22-18/h1,4,7-9,12H,2-3,5-6H2,(H,25,26)(H,21,22,23). The van der Waals surface area contributed by atoms with Crippen LogP contribution in [0.4, 0.5) is 10.3 Å². The molecule has 0 fully saturated rings. The van der Waals surface area contributed by atoms with Gasteiger partial charge < -0.3 is 14.8 Å². The number of fused-ring (bicyclic) bond motifs is 3. The molecule has 1 atom stereocenters. The van der Waals surface area contributed by atoms with Gasteiger partial charge in [-0.25, -0.2) is 14.4 Å². The van der Waals surface area contributed by atoms with E-state index in [-0.39, 0.29) is 12.5 Å². The van der Waals surface area contributed by atoms with E-state index in [2.05, 4.69) is 15.3 Å². The fraction of sp³-hybridized carbons (Fsp3) is 0.278. The minimum atomic E-state index is -0.852. The fourth-order valence-electron chi connectivity index (χ4n) is 3.63. The van der Waals surface area contributed by atoms with Crippen molar-refractivity contribution in [2.75, 3.05) is 5.32 Å². The van der Waals surface area contributed by atoms with Gasteiger partial charge in [-0.3, -0.25) is 4.79 Å². The Morgan fingerprint density at radius 3 is 2.88 bits per heavy atom. The molecule has 0 aromatic carbocycles. The lowest BCUT2D eigenvalue weighted by atomic mass is 9.90. The van der Waals surface area contributed by atoms with Crippen molar-refractivity contribution >= 4 is 29.0 Å². The number of nitrogens with one attached hydrogen (secondary N) is 1. The molecule has 3 heterocycles. The lowest BCUT2D eigenvalue weighted by Crippen LogP contribution is -2.29. The van der Waals surface area contributed by atoms with Crippen LogP contribution >= 0.6 is 11.6 Å². The molecule has 134 valence electrons. The van der Waals surface area contributed by atoms with Crippen molar-refractivity contribution in [3.05, 3.63) is 58.4 Å². The largest absolute Gasteiger partial charge is 0.481 e. The Hall–Kier alpha value is -2.67. The number of hydrogen-bond donors (Lipinski definition) is 2. The summed E-state index contributed by atoms with van der Waals surface area (Å²) in [7, 11) is 0. The van der Waals surface area contributed by atoms with Gasteiger partial charge in [0.15, 0.2) is 5.82 Å². The second-order valence-electron chi connectivity index (χ2n) is 6.39. The molecule has 3 aromatic rings. The first-order chi connectivity index (χ1) is 12.5. The van der Waals surface area contributed by atoms with Gasteiger partial charge >= 0.3 is 5.97 Å². The lowest BCUT2D eigenvalue weighted by molar-refractivity contribution is -0.136. The van der Waals surface area contributed by atoms with E-state index < -0.39 is 11.8 Å². The summed E-state index contributed by atoms with van der Waals surface area (Å²) in [6.07, 6.45) is 6.29. The third kappa shape index (κ3) is 3.10. The lowest BCUT2D eigenvalue weighted by Gasteiger charge is -2.24. The van der Waals surface area contributed by atoms with Crippen LogP contribution < -0.4 is 5.32 Å². The molecule has 0 saturated carbocycles. The molecule has 0 radical (unpaired) electrons. The van der Waals surface area contributed by atoms with E-state index in [4.69, 9.17) is 11.6 Å². The number of anilines is 1. The van der Waals surface area contributed by atoms with Crippen molar-refractivity contribution in [2.45, 2.75) is 31.7 Å². The average molecular weight is 375 g/mol. The summed E-state index contributed by atoms with van der Waals surface area (Å²) in [5.74, 6) is -0.952. The number of hydrogen-bond acceptors (Lipinski definition) is 4. The molecule has 26 heavy (non-hydrogen) atoms. The second-order valence-corrected chi connectivity index (χ2v) is 6.82. The van der Waals surface area contributed by atoms with Crippen molar-refractivity contribution in [3.8, 4) is 0 Å². The first-order valence-electron chi connectivity index (χ1n) is 8.27. The van der Waals surface area contributed by atoms with Gasteiger partial charge in [0.1, 0.15) is 0 Å². The summed E-state index contributed by atoms with van der Waals surface area (Å²) in [4.78, 5) is 19.2. The van der Waals surface area contributed by atoms with E-state index in [1.165, 1.54) is 0 Å². The normalized spacial score (nSPS) is 16.5. The number of carboxylic acids is 1. The number of pyridine rings is 1. The predicted molar refractivity (Wildman–Crippen MR) is 95.2 cm³/mol. The van der Waals surface area contributed by atoms with Gasteiger partial charge in [0, 0.05) is 29.9 Å². The Kier molecular flexibility index (Phi) is 4.24. The predicted octanol–water partition coefficient (Wildman–Crippen LogP) is 3.12. The quantitative estimate of drug-likeness (QED) is 0.733. The first kappa shape index (κ1) is 16.8. The molecule has 1 aliphatic rings. The van der Waals surface area contributed by atoms with Crippen LogP contribution in [0.1, 0.15) is 23.2 Å². The third-order valence-corrected chi connectivity index (χ3v) is 4.91. The molecule has 6 nitrogen and oxygen atoms in total. The topological polar surface area (TPSA) is 79.5 Å². The minimum absolute atomic E-state index is 0.0143. The Bertz CT molecular complexity index is 987. The van der Waals surface area contributed by atoms with Crippen molar-refractivity contribution in [1.82, 2.24) is 14.4 Å². The summed E-state index contributed by atoms with van der Waals surface area (Å²) in [6.45, 7) is 0. The summed E-state index contributed by atoms with van der Waals surface area (Å²) in [5.41, 5.74) is 3.85. The highest BCUT2D eigenvalue weighted by Gasteiger charge is 2.27. The van der Waals surface area contributed by atoms with E-state index in [0.29, 0.717) is 17.4 Å². The SMILES string of the molecule is O=C(O)Cc1c2c(n3cc(Cl)ccc13)CC(Nc1ncc(F)cn1)CC2. The monoisotopic (exact) mass is 374 g/mol. The molecular formula is C18H16ClFN4O2. The molecule has 0 aliphatic heterocycles. The van der Waals surface area contributed by atoms with Gasteiger partial charge in [-0.1, -0.05) is 11.6 Å². The number of aromatic nitrogens is 3. The van der Waals surface area contributed by atoms with Gasteiger partial charge in [-0.05, 0) is 36.1 Å². The number of halogens is 2. The zero-order valence-electron chi connectivity index (χ0n) is 13.7. The molecule has 0 saturated heterocycles. The van der Waals surface area contributed by atoms with Crippen LogP contribution in [-0.4, -0.2) is 31.5 Å². The second kappa shape index (κ2) is 6.57. The van der Waals surface area contributed by atoms with E-state index >= 15 is 0 Å². The van der Waals surface area contributed by atoms with Crippen LogP contribution in [0, 0.1) is 5.82 Å². The van der Waals surface area contributed by atoms with Crippen molar-refractivity contribution in [1.29, 1.82) is 0 Å². The zero-order chi connectivity index (χ0) is 18.3. The molecule has 1 aliphatic carbocycles. The molecule has 3 aromatic heterocycles. The summed E-state index contributed by atoms with van der Waals surface area (Å²) >= 11 is 6.15. The molecule has 4 rings (SSSR count). The van der Waals surface area contributed by atoms with Crippen LogP contribution in [0.15, 0.2) is 30.7 Å². The van der Waals surface area contributed by atoms with Gasteiger partial charge in [0.2, 0.25) is 5.95 Å². The number of carbonyl (C=O) groups is 1. The fourth-order valence-corrected chi connectivity index (χ4v) is 3.79. The maximum absolute atomic E-state index is 13.0. The number of rotatable bonds is 4. The van der Waals surface area contributed by atoms with E-state index in [0.717, 1.165) is 47.6 Å². The van der Waals surface area contributed by atoms with Crippen LogP contribution in [0.5, 0.6) is 0 Å². The Balaban J connectivity index is 1.69. The molecule has 0 amide bonds. The molecule has 1 unspecified atom stereocenters. The minimum Gasteiger partial charge on any atom is -0.481 e. The average Bonchev–Trinajstić information content (AvgIpc) is 2.89. The summed E-state index contributed by atoms with van der Waals surface area (Å²) in [5, 5.41) is 13.1. The molecular weight excluding hydrogens is 359 g/mol. The highest BCUT2D eigenvalue weighted by atomic mass is 35.5. The van der Waals surface area contributed by atoms with Crippen LogP contribution in [-0.2, 0) is 24.1 Å². The molecule has 0 bridgehead atoms. The molecule has 2 N–H and O–H groups in total. The maximum Gasteiger partial charge on any atom is 0.307 e. The van der Waals surface area contributed by atoms with Crippen LogP contribution in [0.25, 0.3) is 5.52 Å². The van der Waals surface area contributed by atoms with Gasteiger partial charge in [0.05, 0.1) is 23.8 Å². The molecule has 0 spiro atoms. The van der Waals surface area contributed by atoms with Crippen LogP contribution in [0.2, 0.25) is 5.02 Å². The summed E-state index contributed by atoms with van der Waals surface area (Å²) in [6, 6.07) is 3.71. The first-order valence-corrected chi connectivity index (χ1v) is 8.65. The van der Waals surface area contributed by atoms with E-state index in [1.54, 1.807) is 6.07 Å². The third-order valence-electron chi connectivity index (χ3n) is 4.69. The Labute approximate surface area is 153 Å². The van der Waals surface area contributed by atoms with Crippen molar-refractivity contribution < 1.29 is 14.3 Å². The Morgan fingerprint density at radius 2 is 2.15 bits per heavy atom. The number of aliphatic carboxylic acids is 1. The smallest absolute Gasteiger partial charge is 0.307 e. The summed E-state index contributed by atoms with van der Waals surface area (Å²) < 4.78 is 14.9. The van der Waals surface area contributed by atoms with E-state index in [9.17, 15) is 14.3 Å². The number of nitrogens with zero attached hydrogens (tertiary/aromatic N) is 3. The van der Waals surface area contributed by atoms with Gasteiger partial charge in [-0.2, -0.15) is 0 Å². The van der Waals surface area contributed by atoms with Gasteiger partial charge in [-0.15, -0.1) is 0 Å². The van der Waals surface area contributed by atoms with E-state index in [1.807, 2.05) is 16.7 Å². The Morgan fingerprint density at radius 1 is 1.38 bits per heavy atom. The van der Waals surface area contributed by atoms with Crippen LogP contribution in [0.3, 0.4) is 0 Å².